The third-order valence-corrected chi connectivity index (χ3v) is 5.26. The summed E-state index contributed by atoms with van der Waals surface area (Å²) in [6.07, 6.45) is 5.66. The fraction of sp³-hybridized carbons (Fsp3) is 0.571. The molecule has 0 spiro atoms. The molecule has 0 N–H and O–H groups in total. The third kappa shape index (κ3) is 4.75. The van der Waals surface area contributed by atoms with Crippen molar-refractivity contribution in [2.24, 2.45) is 0 Å². The Hall–Kier alpha value is -2.21. The molecule has 2 fully saturated rings. The van der Waals surface area contributed by atoms with Crippen LogP contribution in [0.2, 0.25) is 0 Å². The molecular weight excluding hydrogens is 344 g/mol. The van der Waals surface area contributed by atoms with E-state index >= 15 is 0 Å². The van der Waals surface area contributed by atoms with Crippen LogP contribution in [0.3, 0.4) is 0 Å². The number of hydrogen-bond donors (Lipinski definition) is 0. The van der Waals surface area contributed by atoms with E-state index in [0.717, 1.165) is 44.3 Å². The highest BCUT2D eigenvalue weighted by Crippen LogP contribution is 2.27. The lowest BCUT2D eigenvalue weighted by molar-refractivity contribution is -0.143. The second kappa shape index (κ2) is 9.13. The topological polar surface area (TPSA) is 66.9 Å². The van der Waals surface area contributed by atoms with Gasteiger partial charge in [0.2, 0.25) is 5.91 Å². The number of hydrogen-bond acceptors (Lipinski definition) is 5. The van der Waals surface area contributed by atoms with Crippen molar-refractivity contribution < 1.29 is 19.1 Å². The van der Waals surface area contributed by atoms with E-state index in [-0.39, 0.29) is 36.7 Å². The number of carbonyl (C=O) groups excluding carboxylic acids is 3. The number of esters is 1. The predicted molar refractivity (Wildman–Crippen MR) is 102 cm³/mol. The summed E-state index contributed by atoms with van der Waals surface area (Å²) in [5.41, 5.74) is 1.39. The zero-order valence-electron chi connectivity index (χ0n) is 16.0. The number of unbranched alkanes of at least 4 members (excludes halogenated alkanes) is 1. The molecule has 2 saturated heterocycles. The van der Waals surface area contributed by atoms with E-state index in [0.29, 0.717) is 12.3 Å². The van der Waals surface area contributed by atoms with E-state index in [9.17, 15) is 14.4 Å². The lowest BCUT2D eigenvalue weighted by Gasteiger charge is -2.30. The van der Waals surface area contributed by atoms with Crippen LogP contribution in [-0.4, -0.2) is 48.4 Å². The van der Waals surface area contributed by atoms with Crippen molar-refractivity contribution in [1.82, 2.24) is 4.90 Å². The van der Waals surface area contributed by atoms with Gasteiger partial charge in [-0.25, -0.2) is 4.90 Å². The van der Waals surface area contributed by atoms with E-state index < -0.39 is 0 Å². The lowest BCUT2D eigenvalue weighted by Crippen LogP contribution is -2.44. The number of ether oxygens (including phenoxy) is 1. The van der Waals surface area contributed by atoms with Gasteiger partial charge in [-0.15, -0.1) is 0 Å². The Labute approximate surface area is 160 Å². The van der Waals surface area contributed by atoms with Crippen molar-refractivity contribution in [3.05, 3.63) is 29.8 Å². The quantitative estimate of drug-likeness (QED) is 0.418. The molecule has 0 saturated carbocycles. The van der Waals surface area contributed by atoms with Crippen molar-refractivity contribution >= 4 is 23.5 Å². The van der Waals surface area contributed by atoms with Gasteiger partial charge in [-0.1, -0.05) is 31.9 Å². The second-order valence-corrected chi connectivity index (χ2v) is 7.30. The largest absolute Gasteiger partial charge is 0.465 e. The minimum absolute atomic E-state index is 0.131. The van der Waals surface area contributed by atoms with Gasteiger partial charge in [-0.3, -0.25) is 19.3 Å². The van der Waals surface area contributed by atoms with Gasteiger partial charge < -0.3 is 4.74 Å². The first kappa shape index (κ1) is 19.5. The SMILES string of the molecule is CCCCOC(=O)Cc1ccc(N2C(=O)C[C@H](N3CCCCC3)C2=O)cc1. The molecule has 0 aromatic heterocycles. The molecule has 3 rings (SSSR count). The zero-order chi connectivity index (χ0) is 19.2. The Kier molecular flexibility index (Phi) is 6.61. The average molecular weight is 372 g/mol. The predicted octanol–water partition coefficient (Wildman–Crippen LogP) is 2.69. The molecule has 2 heterocycles. The maximum atomic E-state index is 12.8. The molecule has 146 valence electrons. The average Bonchev–Trinajstić information content (AvgIpc) is 2.98. The molecule has 1 atom stereocenters. The summed E-state index contributed by atoms with van der Waals surface area (Å²) < 4.78 is 5.17. The molecule has 6 nitrogen and oxygen atoms in total. The molecule has 0 aliphatic carbocycles. The summed E-state index contributed by atoms with van der Waals surface area (Å²) >= 11 is 0. The van der Waals surface area contributed by atoms with Crippen LogP contribution in [-0.2, 0) is 25.5 Å². The minimum atomic E-state index is -0.328. The molecule has 0 bridgehead atoms. The number of anilines is 1. The highest BCUT2D eigenvalue weighted by molar-refractivity contribution is 6.22. The molecule has 2 aliphatic rings. The van der Waals surface area contributed by atoms with E-state index in [2.05, 4.69) is 4.90 Å². The molecule has 27 heavy (non-hydrogen) atoms. The standard InChI is InChI=1S/C21H28N2O4/c1-2-3-13-27-20(25)14-16-7-9-17(10-8-16)23-19(24)15-18(21(23)26)22-11-5-4-6-12-22/h7-10,18H,2-6,11-15H2,1H3/t18-/m0/s1. The number of likely N-dealkylation sites (tertiary alicyclic amines) is 1. The fourth-order valence-corrected chi connectivity index (χ4v) is 3.71. The highest BCUT2D eigenvalue weighted by Gasteiger charge is 2.42. The van der Waals surface area contributed by atoms with E-state index in [4.69, 9.17) is 4.74 Å². The van der Waals surface area contributed by atoms with Gasteiger partial charge in [-0.05, 0) is 50.0 Å². The monoisotopic (exact) mass is 372 g/mol. The fourth-order valence-electron chi connectivity index (χ4n) is 3.71. The van der Waals surface area contributed by atoms with Gasteiger partial charge in [0, 0.05) is 0 Å². The summed E-state index contributed by atoms with van der Waals surface area (Å²) in [6.45, 7) is 4.26. The normalized spacial score (nSPS) is 20.9. The molecule has 1 aromatic rings. The smallest absolute Gasteiger partial charge is 0.310 e. The molecule has 2 amide bonds. The molecular formula is C21H28N2O4. The Morgan fingerprint density at radius 3 is 2.48 bits per heavy atom. The van der Waals surface area contributed by atoms with Gasteiger partial charge in [-0.2, -0.15) is 0 Å². The number of imide groups is 1. The first-order valence-corrected chi connectivity index (χ1v) is 9.95. The van der Waals surface area contributed by atoms with Crippen LogP contribution in [0.1, 0.15) is 51.0 Å². The molecule has 0 unspecified atom stereocenters. The van der Waals surface area contributed by atoms with Crippen molar-refractivity contribution in [3.8, 4) is 0 Å². The van der Waals surface area contributed by atoms with Crippen molar-refractivity contribution in [2.45, 2.75) is 57.9 Å². The number of amides is 2. The van der Waals surface area contributed by atoms with Gasteiger partial charge in [0.05, 0.1) is 31.2 Å². The van der Waals surface area contributed by atoms with E-state index in [1.165, 1.54) is 11.3 Å². The number of benzene rings is 1. The Balaban J connectivity index is 1.61. The van der Waals surface area contributed by atoms with Crippen molar-refractivity contribution in [1.29, 1.82) is 0 Å². The summed E-state index contributed by atoms with van der Waals surface area (Å²) in [4.78, 5) is 40.5. The highest BCUT2D eigenvalue weighted by atomic mass is 16.5. The Morgan fingerprint density at radius 1 is 1.11 bits per heavy atom. The Morgan fingerprint density at radius 2 is 1.81 bits per heavy atom. The zero-order valence-corrected chi connectivity index (χ0v) is 16.0. The van der Waals surface area contributed by atoms with Gasteiger partial charge in [0.25, 0.3) is 5.91 Å². The third-order valence-electron chi connectivity index (χ3n) is 5.26. The minimum Gasteiger partial charge on any atom is -0.465 e. The van der Waals surface area contributed by atoms with Crippen LogP contribution in [0.15, 0.2) is 24.3 Å². The molecule has 1 aromatic carbocycles. The van der Waals surface area contributed by atoms with Crippen LogP contribution in [0.5, 0.6) is 0 Å². The first-order valence-electron chi connectivity index (χ1n) is 9.95. The first-order chi connectivity index (χ1) is 13.1. The molecule has 6 heteroatoms. The molecule has 0 radical (unpaired) electrons. The van der Waals surface area contributed by atoms with Gasteiger partial charge in [0.15, 0.2) is 0 Å². The summed E-state index contributed by atoms with van der Waals surface area (Å²) in [7, 11) is 0. The maximum absolute atomic E-state index is 12.8. The second-order valence-electron chi connectivity index (χ2n) is 7.30. The van der Waals surface area contributed by atoms with Crippen LogP contribution >= 0.6 is 0 Å². The lowest BCUT2D eigenvalue weighted by atomic mass is 10.1. The van der Waals surface area contributed by atoms with Crippen molar-refractivity contribution in [3.63, 3.8) is 0 Å². The van der Waals surface area contributed by atoms with Crippen molar-refractivity contribution in [2.75, 3.05) is 24.6 Å². The van der Waals surface area contributed by atoms with Crippen LogP contribution in [0.25, 0.3) is 0 Å². The van der Waals surface area contributed by atoms with Crippen LogP contribution < -0.4 is 4.90 Å². The Bertz CT molecular complexity index is 680. The van der Waals surface area contributed by atoms with E-state index in [1.807, 2.05) is 6.92 Å². The summed E-state index contributed by atoms with van der Waals surface area (Å²) in [5.74, 6) is -0.536. The van der Waals surface area contributed by atoms with Crippen LogP contribution in [0, 0.1) is 0 Å². The van der Waals surface area contributed by atoms with E-state index in [1.54, 1.807) is 24.3 Å². The number of carbonyl (C=O) groups is 3. The number of nitrogens with zero attached hydrogens (tertiary/aromatic N) is 2. The number of rotatable bonds is 7. The molecule has 2 aliphatic heterocycles. The van der Waals surface area contributed by atoms with Gasteiger partial charge in [0.1, 0.15) is 0 Å². The maximum Gasteiger partial charge on any atom is 0.310 e. The van der Waals surface area contributed by atoms with Crippen LogP contribution in [0.4, 0.5) is 5.69 Å². The summed E-state index contributed by atoms with van der Waals surface area (Å²) in [5, 5.41) is 0. The summed E-state index contributed by atoms with van der Waals surface area (Å²) in [6, 6.07) is 6.72. The van der Waals surface area contributed by atoms with Gasteiger partial charge >= 0.3 is 5.97 Å². The number of piperidine rings is 1.